The van der Waals surface area contributed by atoms with Crippen LogP contribution < -0.4 is 0 Å². The molecule has 1 spiro atoms. The number of ketones is 1. The van der Waals surface area contributed by atoms with E-state index in [2.05, 4.69) is 73.6 Å². The number of carbonyl (C=O) groups excluding carboxylic acids is 1. The quantitative estimate of drug-likeness (QED) is 0.511. The Morgan fingerprint density at radius 1 is 1.00 bits per heavy atom. The van der Waals surface area contributed by atoms with Crippen LogP contribution in [0.4, 0.5) is 0 Å². The molecule has 122 valence electrons. The maximum atomic E-state index is 13.1. The molecule has 0 amide bonds. The number of allylic oxidation sites excluding steroid dienone is 6. The van der Waals surface area contributed by atoms with Gasteiger partial charge in [-0.2, -0.15) is 0 Å². The topological polar surface area (TPSA) is 17.1 Å². The predicted molar refractivity (Wildman–Crippen MR) is 94.7 cm³/mol. The molecule has 0 heterocycles. The molecule has 2 aliphatic carbocycles. The summed E-state index contributed by atoms with van der Waals surface area (Å²) in [5.74, 6) is 0.822. The Bertz CT molecular complexity index is 536. The van der Waals surface area contributed by atoms with Gasteiger partial charge in [0.25, 0.3) is 0 Å². The zero-order valence-electron chi connectivity index (χ0n) is 15.6. The smallest absolute Gasteiger partial charge is 0.185 e. The van der Waals surface area contributed by atoms with E-state index in [1.165, 1.54) is 5.57 Å². The van der Waals surface area contributed by atoms with Crippen LogP contribution in [0.5, 0.6) is 0 Å². The van der Waals surface area contributed by atoms with Gasteiger partial charge in [0, 0.05) is 16.6 Å². The van der Waals surface area contributed by atoms with Crippen molar-refractivity contribution in [2.75, 3.05) is 0 Å². The summed E-state index contributed by atoms with van der Waals surface area (Å²) < 4.78 is 0. The molecule has 0 bridgehead atoms. The number of hydrogen-bond acceptors (Lipinski definition) is 1. The van der Waals surface area contributed by atoms with E-state index in [1.54, 1.807) is 0 Å². The summed E-state index contributed by atoms with van der Waals surface area (Å²) in [5.41, 5.74) is 3.27. The number of Topliss-reactive ketones (excluding diaryl/α,β-unsaturated/α-hetero) is 1. The first-order valence-electron chi connectivity index (χ1n) is 8.53. The zero-order chi connectivity index (χ0) is 16.9. The van der Waals surface area contributed by atoms with Crippen molar-refractivity contribution in [2.45, 2.75) is 68.2 Å². The summed E-state index contributed by atoms with van der Waals surface area (Å²) >= 11 is 0. The zero-order valence-corrected chi connectivity index (χ0v) is 15.6. The molecule has 1 nitrogen and oxygen atoms in total. The summed E-state index contributed by atoms with van der Waals surface area (Å²) in [5, 5.41) is 0. The molecule has 0 aromatic heterocycles. The normalized spacial score (nSPS) is 25.7. The minimum Gasteiger partial charge on any atom is -0.289 e. The highest BCUT2D eigenvalue weighted by molar-refractivity contribution is 6.11. The van der Waals surface area contributed by atoms with Gasteiger partial charge in [0.15, 0.2) is 5.78 Å². The first kappa shape index (κ1) is 17.2. The molecule has 0 N–H and O–H groups in total. The van der Waals surface area contributed by atoms with Crippen LogP contribution in [-0.2, 0) is 4.79 Å². The molecule has 0 aliphatic heterocycles. The van der Waals surface area contributed by atoms with Crippen molar-refractivity contribution < 1.29 is 4.79 Å². The van der Waals surface area contributed by atoms with E-state index in [0.717, 1.165) is 24.0 Å². The van der Waals surface area contributed by atoms with Crippen LogP contribution in [0.15, 0.2) is 34.9 Å². The lowest BCUT2D eigenvalue weighted by molar-refractivity contribution is -0.114. The van der Waals surface area contributed by atoms with Gasteiger partial charge < -0.3 is 0 Å². The van der Waals surface area contributed by atoms with Gasteiger partial charge >= 0.3 is 0 Å². The van der Waals surface area contributed by atoms with Crippen LogP contribution in [0.25, 0.3) is 0 Å². The lowest BCUT2D eigenvalue weighted by atomic mass is 9.61. The molecule has 2 aliphatic rings. The Morgan fingerprint density at radius 2 is 1.45 bits per heavy atom. The van der Waals surface area contributed by atoms with Crippen molar-refractivity contribution in [1.29, 1.82) is 0 Å². The highest BCUT2D eigenvalue weighted by Gasteiger charge is 2.42. The molecule has 0 saturated carbocycles. The molecule has 2 rings (SSSR count). The van der Waals surface area contributed by atoms with Gasteiger partial charge in [-0.25, -0.2) is 0 Å². The average molecular weight is 300 g/mol. The third-order valence-electron chi connectivity index (χ3n) is 4.85. The second kappa shape index (κ2) is 5.22. The van der Waals surface area contributed by atoms with Crippen LogP contribution in [0.1, 0.15) is 68.2 Å². The molecule has 22 heavy (non-hydrogen) atoms. The minimum atomic E-state index is -0.104. The molecule has 0 radical (unpaired) electrons. The molecule has 0 aromatic rings. The second-order valence-electron chi connectivity index (χ2n) is 9.55. The fourth-order valence-electron chi connectivity index (χ4n) is 4.02. The van der Waals surface area contributed by atoms with Crippen molar-refractivity contribution in [1.82, 2.24) is 0 Å². The predicted octanol–water partition coefficient (Wildman–Crippen LogP) is 5.88. The van der Waals surface area contributed by atoms with Gasteiger partial charge in [0.1, 0.15) is 0 Å². The SMILES string of the molecule is CC1=CC(C)CC2(C=C(C(C)(C)C)C(=O)C(C(C)(C)C)=C2)C1. The first-order valence-corrected chi connectivity index (χ1v) is 8.53. The van der Waals surface area contributed by atoms with Crippen molar-refractivity contribution in [3.05, 3.63) is 34.9 Å². The monoisotopic (exact) mass is 300 g/mol. The number of carbonyl (C=O) groups is 1. The fourth-order valence-corrected chi connectivity index (χ4v) is 4.02. The van der Waals surface area contributed by atoms with Crippen molar-refractivity contribution in [3.63, 3.8) is 0 Å². The van der Waals surface area contributed by atoms with Gasteiger partial charge in [0.2, 0.25) is 0 Å². The Hall–Kier alpha value is -1.11. The maximum absolute atomic E-state index is 13.1. The van der Waals surface area contributed by atoms with E-state index in [-0.39, 0.29) is 22.0 Å². The fraction of sp³-hybridized carbons (Fsp3) is 0.667. The number of rotatable bonds is 0. The lowest BCUT2D eigenvalue weighted by Gasteiger charge is -2.42. The van der Waals surface area contributed by atoms with E-state index in [0.29, 0.717) is 5.92 Å². The van der Waals surface area contributed by atoms with E-state index in [4.69, 9.17) is 0 Å². The summed E-state index contributed by atoms with van der Waals surface area (Å²) in [4.78, 5) is 13.1. The summed E-state index contributed by atoms with van der Waals surface area (Å²) in [7, 11) is 0. The summed E-state index contributed by atoms with van der Waals surface area (Å²) in [6, 6.07) is 0. The van der Waals surface area contributed by atoms with Crippen molar-refractivity contribution >= 4 is 5.78 Å². The van der Waals surface area contributed by atoms with Crippen LogP contribution in [0, 0.1) is 22.2 Å². The second-order valence-corrected chi connectivity index (χ2v) is 9.55. The molecule has 1 heteroatoms. The Kier molecular flexibility index (Phi) is 4.09. The average Bonchev–Trinajstić information content (AvgIpc) is 2.28. The largest absolute Gasteiger partial charge is 0.289 e. The van der Waals surface area contributed by atoms with Crippen molar-refractivity contribution in [2.24, 2.45) is 22.2 Å². The molecular weight excluding hydrogens is 268 g/mol. The molecule has 1 unspecified atom stereocenters. The van der Waals surface area contributed by atoms with E-state index < -0.39 is 0 Å². The first-order chi connectivity index (χ1) is 9.84. The minimum absolute atomic E-state index is 0.0252. The Labute approximate surface area is 136 Å². The summed E-state index contributed by atoms with van der Waals surface area (Å²) in [6.45, 7) is 17.5. The van der Waals surface area contributed by atoms with Crippen LogP contribution >= 0.6 is 0 Å². The van der Waals surface area contributed by atoms with Gasteiger partial charge in [-0.05, 0) is 36.5 Å². The van der Waals surface area contributed by atoms with Crippen LogP contribution in [0.2, 0.25) is 0 Å². The number of hydrogen-bond donors (Lipinski definition) is 0. The Balaban J connectivity index is 2.62. The molecule has 0 fully saturated rings. The third-order valence-corrected chi connectivity index (χ3v) is 4.85. The van der Waals surface area contributed by atoms with Gasteiger partial charge in [-0.15, -0.1) is 0 Å². The highest BCUT2D eigenvalue weighted by atomic mass is 16.1. The Morgan fingerprint density at radius 3 is 1.82 bits per heavy atom. The third kappa shape index (κ3) is 3.29. The highest BCUT2D eigenvalue weighted by Crippen LogP contribution is 2.50. The molecular formula is C21H32O. The van der Waals surface area contributed by atoms with Crippen LogP contribution in [0.3, 0.4) is 0 Å². The van der Waals surface area contributed by atoms with Crippen LogP contribution in [-0.4, -0.2) is 5.78 Å². The lowest BCUT2D eigenvalue weighted by Crippen LogP contribution is -2.35. The molecule has 0 aromatic carbocycles. The van der Waals surface area contributed by atoms with Gasteiger partial charge in [-0.3, -0.25) is 4.79 Å². The van der Waals surface area contributed by atoms with E-state index >= 15 is 0 Å². The molecule has 0 saturated heterocycles. The van der Waals surface area contributed by atoms with Gasteiger partial charge in [-0.1, -0.05) is 72.3 Å². The van der Waals surface area contributed by atoms with Crippen molar-refractivity contribution in [3.8, 4) is 0 Å². The van der Waals surface area contributed by atoms with E-state index in [9.17, 15) is 4.79 Å². The van der Waals surface area contributed by atoms with Gasteiger partial charge in [0.05, 0.1) is 0 Å². The summed E-state index contributed by atoms with van der Waals surface area (Å²) in [6.07, 6.45) is 9.15. The molecule has 1 atom stereocenters. The maximum Gasteiger partial charge on any atom is 0.185 e. The van der Waals surface area contributed by atoms with E-state index in [1.807, 2.05) is 0 Å². The standard InChI is InChI=1S/C21H32O/c1-14-9-15(2)11-21(10-14)12-16(19(3,4)5)18(22)17(13-21)20(6,7)8/h9,12-14H,10-11H2,1-8H3.